The first-order valence-electron chi connectivity index (χ1n) is 7.40. The first-order valence-corrected chi connectivity index (χ1v) is 7.40. The third-order valence-electron chi connectivity index (χ3n) is 4.44. The van der Waals surface area contributed by atoms with Crippen LogP contribution in [0.3, 0.4) is 0 Å². The molecule has 0 aromatic heterocycles. The minimum atomic E-state index is -0.460. The number of rotatable bonds is 3. The van der Waals surface area contributed by atoms with E-state index in [1.807, 2.05) is 24.3 Å². The molecule has 1 aliphatic heterocycles. The lowest BCUT2D eigenvalue weighted by Gasteiger charge is -2.37. The van der Waals surface area contributed by atoms with Crippen molar-refractivity contribution in [1.29, 1.82) is 0 Å². The summed E-state index contributed by atoms with van der Waals surface area (Å²) in [6, 6.07) is 7.75. The summed E-state index contributed by atoms with van der Waals surface area (Å²) in [7, 11) is 0. The second kappa shape index (κ2) is 5.44. The summed E-state index contributed by atoms with van der Waals surface area (Å²) in [4.78, 5) is 12.4. The van der Waals surface area contributed by atoms with E-state index < -0.39 is 11.6 Å². The van der Waals surface area contributed by atoms with Crippen molar-refractivity contribution in [3.63, 3.8) is 0 Å². The van der Waals surface area contributed by atoms with E-state index in [4.69, 9.17) is 4.74 Å². The number of carbonyl (C=O) groups excluding carboxylic acids is 1. The molecule has 1 fully saturated rings. The van der Waals surface area contributed by atoms with Crippen molar-refractivity contribution in [2.45, 2.75) is 50.2 Å². The number of para-hydroxylation sites is 1. The third-order valence-corrected chi connectivity index (χ3v) is 4.44. The Hall–Kier alpha value is -1.55. The second-order valence-corrected chi connectivity index (χ2v) is 5.91. The van der Waals surface area contributed by atoms with Crippen LogP contribution in [0, 0.1) is 0 Å². The van der Waals surface area contributed by atoms with Crippen LogP contribution in [0.15, 0.2) is 24.3 Å². The van der Waals surface area contributed by atoms with E-state index in [-0.39, 0.29) is 12.5 Å². The van der Waals surface area contributed by atoms with Gasteiger partial charge >= 0.3 is 0 Å². The average molecular weight is 275 g/mol. The summed E-state index contributed by atoms with van der Waals surface area (Å²) in [5.41, 5.74) is 0.641. The normalized spacial score (nSPS) is 23.8. The highest BCUT2D eigenvalue weighted by Gasteiger charge is 2.37. The monoisotopic (exact) mass is 275 g/mol. The first-order chi connectivity index (χ1) is 9.72. The molecule has 0 radical (unpaired) electrons. The lowest BCUT2D eigenvalue weighted by molar-refractivity contribution is -0.130. The molecule has 1 heterocycles. The van der Waals surface area contributed by atoms with Crippen molar-refractivity contribution in [3.05, 3.63) is 29.8 Å². The lowest BCUT2D eigenvalue weighted by atomic mass is 9.82. The minimum Gasteiger partial charge on any atom is -0.480 e. The molecule has 1 aliphatic carbocycles. The number of ether oxygens (including phenoxy) is 1. The van der Waals surface area contributed by atoms with Crippen LogP contribution in [-0.4, -0.2) is 29.3 Å². The van der Waals surface area contributed by atoms with Crippen LogP contribution in [0.25, 0.3) is 0 Å². The second-order valence-electron chi connectivity index (χ2n) is 5.91. The molecule has 0 saturated heterocycles. The summed E-state index contributed by atoms with van der Waals surface area (Å²) in [6.45, 7) is 0.0123. The summed E-state index contributed by atoms with van der Waals surface area (Å²) in [6.07, 6.45) is 5.17. The zero-order chi connectivity index (χ0) is 14.0. The Bertz CT molecular complexity index is 469. The Morgan fingerprint density at radius 2 is 2.05 bits per heavy atom. The highest BCUT2D eigenvalue weighted by Crippen LogP contribution is 2.31. The molecule has 2 N–H and O–H groups in total. The van der Waals surface area contributed by atoms with Crippen LogP contribution < -0.4 is 10.1 Å². The SMILES string of the molecule is O=C(NC1(CO)CCCCC1)C1Cc2ccccc2O1. The molecule has 0 bridgehead atoms. The number of carbonyl (C=O) groups is 1. The van der Waals surface area contributed by atoms with Gasteiger partial charge < -0.3 is 15.2 Å². The molecule has 0 spiro atoms. The van der Waals surface area contributed by atoms with E-state index in [2.05, 4.69) is 5.32 Å². The van der Waals surface area contributed by atoms with E-state index in [0.29, 0.717) is 6.42 Å². The molecule has 1 aromatic rings. The molecule has 1 atom stereocenters. The van der Waals surface area contributed by atoms with Crippen molar-refractivity contribution >= 4 is 5.91 Å². The molecule has 4 heteroatoms. The Labute approximate surface area is 119 Å². The molecule has 20 heavy (non-hydrogen) atoms. The molecule has 1 unspecified atom stereocenters. The molecule has 2 aliphatic rings. The topological polar surface area (TPSA) is 58.6 Å². The van der Waals surface area contributed by atoms with Crippen molar-refractivity contribution < 1.29 is 14.6 Å². The Kier molecular flexibility index (Phi) is 3.66. The molecule has 1 amide bonds. The van der Waals surface area contributed by atoms with E-state index in [1.54, 1.807) is 0 Å². The van der Waals surface area contributed by atoms with Gasteiger partial charge in [0.1, 0.15) is 5.75 Å². The molecular formula is C16H21NO3. The van der Waals surface area contributed by atoms with E-state index in [1.165, 1.54) is 6.42 Å². The number of aliphatic hydroxyl groups excluding tert-OH is 1. The highest BCUT2D eigenvalue weighted by atomic mass is 16.5. The van der Waals surface area contributed by atoms with Gasteiger partial charge in [-0.2, -0.15) is 0 Å². The number of benzene rings is 1. The fourth-order valence-electron chi connectivity index (χ4n) is 3.22. The van der Waals surface area contributed by atoms with E-state index in [0.717, 1.165) is 37.0 Å². The number of amides is 1. The quantitative estimate of drug-likeness (QED) is 0.884. The smallest absolute Gasteiger partial charge is 0.261 e. The van der Waals surface area contributed by atoms with Gasteiger partial charge in [-0.15, -0.1) is 0 Å². The highest BCUT2D eigenvalue weighted by molar-refractivity contribution is 5.83. The van der Waals surface area contributed by atoms with Crippen LogP contribution in [0.1, 0.15) is 37.7 Å². The molecular weight excluding hydrogens is 254 g/mol. The minimum absolute atomic E-state index is 0.0123. The molecule has 108 valence electrons. The molecule has 1 aromatic carbocycles. The van der Waals surface area contributed by atoms with E-state index in [9.17, 15) is 9.90 Å². The predicted octanol–water partition coefficient (Wildman–Crippen LogP) is 1.80. The first kappa shape index (κ1) is 13.4. The zero-order valence-corrected chi connectivity index (χ0v) is 11.6. The number of fused-ring (bicyclic) bond motifs is 1. The van der Waals surface area contributed by atoms with Crippen LogP contribution in [0.5, 0.6) is 5.75 Å². The fraction of sp³-hybridized carbons (Fsp3) is 0.562. The Morgan fingerprint density at radius 3 is 2.75 bits per heavy atom. The number of hydrogen-bond donors (Lipinski definition) is 2. The Balaban J connectivity index is 1.66. The van der Waals surface area contributed by atoms with Gasteiger partial charge in [-0.25, -0.2) is 0 Å². The maximum Gasteiger partial charge on any atom is 0.261 e. The molecule has 4 nitrogen and oxygen atoms in total. The van der Waals surface area contributed by atoms with Crippen molar-refractivity contribution in [2.24, 2.45) is 0 Å². The van der Waals surface area contributed by atoms with Crippen LogP contribution in [0.2, 0.25) is 0 Å². The fourth-order valence-corrected chi connectivity index (χ4v) is 3.22. The van der Waals surface area contributed by atoms with Crippen LogP contribution >= 0.6 is 0 Å². The summed E-state index contributed by atoms with van der Waals surface area (Å²) < 4.78 is 5.71. The van der Waals surface area contributed by atoms with Crippen molar-refractivity contribution in [1.82, 2.24) is 5.32 Å². The molecule has 1 saturated carbocycles. The van der Waals surface area contributed by atoms with Crippen LogP contribution in [0.4, 0.5) is 0 Å². The van der Waals surface area contributed by atoms with Gasteiger partial charge in [-0.05, 0) is 24.5 Å². The van der Waals surface area contributed by atoms with Gasteiger partial charge in [-0.3, -0.25) is 4.79 Å². The molecule has 3 rings (SSSR count). The lowest BCUT2D eigenvalue weighted by Crippen LogP contribution is -2.55. The van der Waals surface area contributed by atoms with Crippen molar-refractivity contribution in [2.75, 3.05) is 6.61 Å². The zero-order valence-electron chi connectivity index (χ0n) is 11.6. The average Bonchev–Trinajstić information content (AvgIpc) is 2.92. The van der Waals surface area contributed by atoms with Gasteiger partial charge in [0.15, 0.2) is 6.10 Å². The number of hydrogen-bond acceptors (Lipinski definition) is 3. The Morgan fingerprint density at radius 1 is 1.30 bits per heavy atom. The maximum atomic E-state index is 12.4. The van der Waals surface area contributed by atoms with Gasteiger partial charge in [0.05, 0.1) is 12.1 Å². The van der Waals surface area contributed by atoms with Gasteiger partial charge in [-0.1, -0.05) is 37.5 Å². The van der Waals surface area contributed by atoms with Gasteiger partial charge in [0.2, 0.25) is 0 Å². The van der Waals surface area contributed by atoms with E-state index >= 15 is 0 Å². The summed E-state index contributed by atoms with van der Waals surface area (Å²) in [5, 5.41) is 12.7. The maximum absolute atomic E-state index is 12.4. The largest absolute Gasteiger partial charge is 0.480 e. The van der Waals surface area contributed by atoms with Crippen LogP contribution in [-0.2, 0) is 11.2 Å². The number of nitrogens with one attached hydrogen (secondary N) is 1. The summed E-state index contributed by atoms with van der Waals surface area (Å²) >= 11 is 0. The standard InChI is InChI=1S/C16H21NO3/c18-11-16(8-4-1-5-9-16)17-15(19)14-10-12-6-2-3-7-13(12)20-14/h2-3,6-7,14,18H,1,4-5,8-11H2,(H,17,19). The third kappa shape index (κ3) is 2.52. The van der Waals surface area contributed by atoms with Crippen molar-refractivity contribution in [3.8, 4) is 5.75 Å². The van der Waals surface area contributed by atoms with Gasteiger partial charge in [0.25, 0.3) is 5.91 Å². The number of aliphatic hydroxyl groups is 1. The summed E-state index contributed by atoms with van der Waals surface area (Å²) in [5.74, 6) is 0.700. The van der Waals surface area contributed by atoms with Gasteiger partial charge in [0, 0.05) is 6.42 Å². The predicted molar refractivity (Wildman–Crippen MR) is 75.6 cm³/mol.